The van der Waals surface area contributed by atoms with Crippen LogP contribution < -0.4 is 10.0 Å². The molecule has 0 spiro atoms. The van der Waals surface area contributed by atoms with Crippen LogP contribution in [0, 0.1) is 0 Å². The van der Waals surface area contributed by atoms with Crippen molar-refractivity contribution in [3.8, 4) is 0 Å². The minimum atomic E-state index is -1.23. The third kappa shape index (κ3) is 4.99. The topological polar surface area (TPSA) is 64.9 Å². The second-order valence-corrected chi connectivity index (χ2v) is 9.04. The molecule has 2 aliphatic rings. The molecule has 1 saturated carbocycles. The number of nitrogens with zero attached hydrogens (tertiary/aromatic N) is 1. The predicted octanol–water partition coefficient (Wildman–Crippen LogP) is 2.20. The Hall–Kier alpha value is -2.66. The van der Waals surface area contributed by atoms with E-state index in [1.165, 1.54) is 60.3 Å². The van der Waals surface area contributed by atoms with E-state index in [2.05, 4.69) is 31.2 Å². The Morgan fingerprint density at radius 2 is 1.48 bits per heavy atom. The Morgan fingerprint density at radius 1 is 0.903 bits per heavy atom. The van der Waals surface area contributed by atoms with Gasteiger partial charge >= 0.3 is 0 Å². The van der Waals surface area contributed by atoms with Crippen LogP contribution in [-0.4, -0.2) is 43.0 Å². The third-order valence-electron chi connectivity index (χ3n) is 7.19. The zero-order valence-electron chi connectivity index (χ0n) is 18.3. The van der Waals surface area contributed by atoms with Crippen molar-refractivity contribution in [3.05, 3.63) is 70.8 Å². The van der Waals surface area contributed by atoms with Crippen LogP contribution >= 0.6 is 0 Å². The molecule has 0 unspecified atom stereocenters. The number of aromatic carboxylic acids is 1. The van der Waals surface area contributed by atoms with Gasteiger partial charge in [-0.2, -0.15) is 0 Å². The first kappa shape index (κ1) is 21.6. The van der Waals surface area contributed by atoms with Gasteiger partial charge in [0.25, 0.3) is 5.91 Å². The maximum absolute atomic E-state index is 12.8. The van der Waals surface area contributed by atoms with Crippen molar-refractivity contribution in [1.82, 2.24) is 4.90 Å². The average Bonchev–Trinajstić information content (AvgIpc) is 2.84. The van der Waals surface area contributed by atoms with Gasteiger partial charge in [0.05, 0.1) is 32.1 Å². The molecule has 4 rings (SSSR count). The van der Waals surface area contributed by atoms with Crippen molar-refractivity contribution in [2.75, 3.05) is 26.2 Å². The number of hydrogen-bond acceptors (Lipinski definition) is 3. The fourth-order valence-electron chi connectivity index (χ4n) is 5.09. The van der Waals surface area contributed by atoms with E-state index >= 15 is 0 Å². The Kier molecular flexibility index (Phi) is 6.71. The van der Waals surface area contributed by atoms with Gasteiger partial charge in [0, 0.05) is 11.1 Å². The second-order valence-electron chi connectivity index (χ2n) is 9.04. The zero-order chi connectivity index (χ0) is 21.8. The van der Waals surface area contributed by atoms with Crippen LogP contribution in [0.2, 0.25) is 0 Å². The summed E-state index contributed by atoms with van der Waals surface area (Å²) in [4.78, 5) is 27.0. The molecule has 1 aliphatic carbocycles. The fraction of sp³-hybridized carbons (Fsp3) is 0.462. The highest BCUT2D eigenvalue weighted by Crippen LogP contribution is 2.32. The molecule has 2 fully saturated rings. The molecule has 164 valence electrons. The Balaban J connectivity index is 1.32. The molecule has 1 heterocycles. The molecule has 1 aliphatic heterocycles. The first-order valence-corrected chi connectivity index (χ1v) is 11.6. The van der Waals surface area contributed by atoms with Crippen molar-refractivity contribution in [2.24, 2.45) is 0 Å². The molecule has 5 nitrogen and oxygen atoms in total. The average molecular weight is 421 g/mol. The van der Waals surface area contributed by atoms with Crippen molar-refractivity contribution < 1.29 is 19.6 Å². The van der Waals surface area contributed by atoms with Gasteiger partial charge in [-0.3, -0.25) is 4.79 Å². The molecular formula is C26H32N2O3. The van der Waals surface area contributed by atoms with E-state index in [4.69, 9.17) is 0 Å². The van der Waals surface area contributed by atoms with Gasteiger partial charge in [0.15, 0.2) is 0 Å². The number of benzene rings is 2. The summed E-state index contributed by atoms with van der Waals surface area (Å²) in [6.45, 7) is 5.52. The standard InChI is InChI=1S/C26H32N2O3/c1-19(20-7-9-22(10-8-20)21-5-3-2-4-6-21)27-15-17-28(18-16-27)25(29)23-11-13-24(14-12-23)26(30)31/h7-14,19,21H,2-6,15-18H2,1H3,(H,30,31)/t19-/m1/s1. The van der Waals surface area contributed by atoms with Crippen LogP contribution in [0.25, 0.3) is 0 Å². The molecule has 0 bridgehead atoms. The predicted molar refractivity (Wildman–Crippen MR) is 118 cm³/mol. The maximum atomic E-state index is 12.8. The highest BCUT2D eigenvalue weighted by Gasteiger charge is 2.28. The van der Waals surface area contributed by atoms with Gasteiger partial charge in [0.1, 0.15) is 6.04 Å². The van der Waals surface area contributed by atoms with E-state index in [1.807, 2.05) is 4.90 Å². The van der Waals surface area contributed by atoms with Gasteiger partial charge in [-0.05, 0) is 48.9 Å². The summed E-state index contributed by atoms with van der Waals surface area (Å²) >= 11 is 0. The lowest BCUT2D eigenvalue weighted by molar-refractivity contribution is -0.933. The smallest absolute Gasteiger partial charge is 0.254 e. The number of carboxylic acid groups (broad SMARTS) is 1. The van der Waals surface area contributed by atoms with Crippen molar-refractivity contribution in [3.63, 3.8) is 0 Å². The number of nitrogens with one attached hydrogen (secondary N) is 1. The molecule has 1 amide bonds. The van der Waals surface area contributed by atoms with Gasteiger partial charge in [-0.25, -0.2) is 0 Å². The Labute approximate surface area is 184 Å². The van der Waals surface area contributed by atoms with Gasteiger partial charge in [-0.15, -0.1) is 0 Å². The number of amides is 1. The summed E-state index contributed by atoms with van der Waals surface area (Å²) in [7, 11) is 0. The molecule has 1 saturated heterocycles. The van der Waals surface area contributed by atoms with E-state index in [1.54, 1.807) is 12.1 Å². The maximum Gasteiger partial charge on any atom is 0.254 e. The normalized spacial score (nSPS) is 19.2. The molecule has 0 radical (unpaired) electrons. The minimum Gasteiger partial charge on any atom is -0.545 e. The number of quaternary nitrogens is 1. The number of carbonyl (C=O) groups excluding carboxylic acids is 2. The summed E-state index contributed by atoms with van der Waals surface area (Å²) in [5, 5.41) is 10.9. The molecule has 1 N–H and O–H groups in total. The minimum absolute atomic E-state index is 0.0339. The fourth-order valence-corrected chi connectivity index (χ4v) is 5.09. The van der Waals surface area contributed by atoms with E-state index in [0.29, 0.717) is 24.7 Å². The zero-order valence-corrected chi connectivity index (χ0v) is 18.3. The Morgan fingerprint density at radius 3 is 2.06 bits per heavy atom. The third-order valence-corrected chi connectivity index (χ3v) is 7.19. The van der Waals surface area contributed by atoms with Gasteiger partial charge in [0.2, 0.25) is 0 Å². The van der Waals surface area contributed by atoms with E-state index in [-0.39, 0.29) is 11.5 Å². The molecular weight excluding hydrogens is 388 g/mol. The van der Waals surface area contributed by atoms with Crippen LogP contribution in [0.5, 0.6) is 0 Å². The van der Waals surface area contributed by atoms with E-state index < -0.39 is 5.97 Å². The molecule has 5 heteroatoms. The number of piperazine rings is 1. The largest absolute Gasteiger partial charge is 0.545 e. The summed E-state index contributed by atoms with van der Waals surface area (Å²) in [5.41, 5.74) is 3.48. The highest BCUT2D eigenvalue weighted by molar-refractivity contribution is 5.95. The number of carbonyl (C=O) groups is 2. The van der Waals surface area contributed by atoms with Crippen molar-refractivity contribution in [1.29, 1.82) is 0 Å². The molecule has 31 heavy (non-hydrogen) atoms. The van der Waals surface area contributed by atoms with E-state index in [0.717, 1.165) is 19.0 Å². The molecule has 2 aromatic rings. The monoisotopic (exact) mass is 420 g/mol. The number of carboxylic acids is 1. The molecule has 1 atom stereocenters. The van der Waals surface area contributed by atoms with Gasteiger partial charge < -0.3 is 19.7 Å². The summed E-state index contributed by atoms with van der Waals surface area (Å²) in [6.07, 6.45) is 6.75. The Bertz CT molecular complexity index is 893. The van der Waals surface area contributed by atoms with Crippen LogP contribution in [0.15, 0.2) is 48.5 Å². The quantitative estimate of drug-likeness (QED) is 0.807. The lowest BCUT2D eigenvalue weighted by Gasteiger charge is -2.35. The first-order valence-electron chi connectivity index (χ1n) is 11.6. The summed E-state index contributed by atoms with van der Waals surface area (Å²) < 4.78 is 0. The summed E-state index contributed by atoms with van der Waals surface area (Å²) in [5.74, 6) is -0.522. The van der Waals surface area contributed by atoms with Crippen molar-refractivity contribution >= 4 is 11.9 Å². The van der Waals surface area contributed by atoms with E-state index in [9.17, 15) is 14.7 Å². The first-order chi connectivity index (χ1) is 15.0. The van der Waals surface area contributed by atoms with Crippen LogP contribution in [-0.2, 0) is 0 Å². The molecule has 2 aromatic carbocycles. The second kappa shape index (κ2) is 9.65. The van der Waals surface area contributed by atoms with Crippen LogP contribution in [0.4, 0.5) is 0 Å². The van der Waals surface area contributed by atoms with Crippen LogP contribution in [0.3, 0.4) is 0 Å². The van der Waals surface area contributed by atoms with Crippen LogP contribution in [0.1, 0.15) is 82.8 Å². The van der Waals surface area contributed by atoms with Gasteiger partial charge in [-0.1, -0.05) is 55.7 Å². The van der Waals surface area contributed by atoms with Crippen molar-refractivity contribution in [2.45, 2.75) is 51.0 Å². The number of hydrogen-bond donors (Lipinski definition) is 1. The lowest BCUT2D eigenvalue weighted by atomic mass is 9.83. The highest BCUT2D eigenvalue weighted by atomic mass is 16.4. The number of rotatable bonds is 5. The molecule has 0 aromatic heterocycles. The lowest BCUT2D eigenvalue weighted by Crippen LogP contribution is -3.14. The summed E-state index contributed by atoms with van der Waals surface area (Å²) in [6, 6.07) is 15.7. The SMILES string of the molecule is C[C@H](c1ccc(C2CCCCC2)cc1)[NH+]1CCN(C(=O)c2ccc(C(=O)[O-])cc2)CC1.